The minimum absolute atomic E-state index is 0.355. The van der Waals surface area contributed by atoms with Gasteiger partial charge in [0.05, 0.1) is 5.60 Å². The van der Waals surface area contributed by atoms with Crippen LogP contribution >= 0.6 is 23.2 Å². The van der Waals surface area contributed by atoms with Crippen LogP contribution in [0.5, 0.6) is 0 Å². The third kappa shape index (κ3) is 3.45. The Bertz CT molecular complexity index is 444. The van der Waals surface area contributed by atoms with Crippen LogP contribution in [0.3, 0.4) is 0 Å². The normalized spacial score (nSPS) is 27.8. The lowest BCUT2D eigenvalue weighted by Gasteiger charge is -2.42. The number of aliphatic hydroxyl groups is 1. The first-order valence-corrected chi connectivity index (χ1v) is 7.84. The van der Waals surface area contributed by atoms with Crippen molar-refractivity contribution >= 4 is 23.2 Å². The van der Waals surface area contributed by atoms with Crippen molar-refractivity contribution in [1.82, 2.24) is 0 Å². The van der Waals surface area contributed by atoms with Crippen molar-refractivity contribution in [3.05, 3.63) is 33.8 Å². The minimum atomic E-state index is -0.621. The average molecular weight is 301 g/mol. The summed E-state index contributed by atoms with van der Waals surface area (Å²) in [5, 5.41) is 12.4. The van der Waals surface area contributed by atoms with Crippen molar-refractivity contribution in [1.29, 1.82) is 0 Å². The maximum atomic E-state index is 11.1. The van der Waals surface area contributed by atoms with Gasteiger partial charge in [-0.25, -0.2) is 0 Å². The van der Waals surface area contributed by atoms with Gasteiger partial charge in [-0.15, -0.1) is 0 Å². The zero-order chi connectivity index (χ0) is 14.0. The smallest absolute Gasteiger partial charge is 0.0718 e. The van der Waals surface area contributed by atoms with Crippen LogP contribution in [0.4, 0.5) is 0 Å². The fourth-order valence-corrected chi connectivity index (χ4v) is 3.89. The third-order valence-electron chi connectivity index (χ3n) is 4.38. The second kappa shape index (κ2) is 6.03. The number of rotatable bonds is 3. The van der Waals surface area contributed by atoms with E-state index in [2.05, 4.69) is 13.8 Å². The van der Waals surface area contributed by atoms with Gasteiger partial charge in [0.15, 0.2) is 0 Å². The standard InChI is InChI=1S/C16H22Cl2O/c1-11(2)14-5-3-4-8-16(14,19)10-12-6-7-13(17)9-15(12)18/h6-7,9,11,14,19H,3-5,8,10H2,1-2H3. The molecule has 1 fully saturated rings. The van der Waals surface area contributed by atoms with Crippen LogP contribution in [0.2, 0.25) is 10.0 Å². The average Bonchev–Trinajstić information content (AvgIpc) is 2.33. The van der Waals surface area contributed by atoms with E-state index in [0.29, 0.717) is 28.3 Å². The summed E-state index contributed by atoms with van der Waals surface area (Å²) >= 11 is 12.2. The molecule has 1 saturated carbocycles. The van der Waals surface area contributed by atoms with Crippen LogP contribution in [0.1, 0.15) is 45.1 Å². The lowest BCUT2D eigenvalue weighted by atomic mass is 9.68. The molecule has 0 bridgehead atoms. The lowest BCUT2D eigenvalue weighted by Crippen LogP contribution is -2.45. The summed E-state index contributed by atoms with van der Waals surface area (Å²) in [4.78, 5) is 0. The zero-order valence-electron chi connectivity index (χ0n) is 11.6. The molecule has 1 aliphatic rings. The molecule has 19 heavy (non-hydrogen) atoms. The van der Waals surface area contributed by atoms with E-state index in [-0.39, 0.29) is 0 Å². The highest BCUT2D eigenvalue weighted by atomic mass is 35.5. The van der Waals surface area contributed by atoms with Crippen LogP contribution in [0.15, 0.2) is 18.2 Å². The van der Waals surface area contributed by atoms with E-state index >= 15 is 0 Å². The SMILES string of the molecule is CC(C)C1CCCCC1(O)Cc1ccc(Cl)cc1Cl. The number of hydrogen-bond donors (Lipinski definition) is 1. The van der Waals surface area contributed by atoms with E-state index in [1.165, 1.54) is 6.42 Å². The Morgan fingerprint density at radius 2 is 2.05 bits per heavy atom. The molecule has 1 aromatic rings. The van der Waals surface area contributed by atoms with E-state index in [9.17, 15) is 5.11 Å². The van der Waals surface area contributed by atoms with E-state index in [1.807, 2.05) is 12.1 Å². The van der Waals surface area contributed by atoms with Crippen LogP contribution in [0.25, 0.3) is 0 Å². The topological polar surface area (TPSA) is 20.2 Å². The fourth-order valence-electron chi connectivity index (χ4n) is 3.42. The second-order valence-corrected chi connectivity index (χ2v) is 6.96. The molecule has 0 saturated heterocycles. The first-order valence-electron chi connectivity index (χ1n) is 7.09. The molecule has 1 N–H and O–H groups in total. The Labute approximate surface area is 125 Å². The van der Waals surface area contributed by atoms with Crippen LogP contribution in [-0.4, -0.2) is 10.7 Å². The number of hydrogen-bond acceptors (Lipinski definition) is 1. The lowest BCUT2D eigenvalue weighted by molar-refractivity contribution is -0.0652. The molecule has 1 aliphatic carbocycles. The van der Waals surface area contributed by atoms with E-state index in [1.54, 1.807) is 6.07 Å². The summed E-state index contributed by atoms with van der Waals surface area (Å²) in [5.41, 5.74) is 0.380. The van der Waals surface area contributed by atoms with E-state index < -0.39 is 5.60 Å². The summed E-state index contributed by atoms with van der Waals surface area (Å²) in [6, 6.07) is 5.54. The third-order valence-corrected chi connectivity index (χ3v) is 4.97. The molecule has 3 heteroatoms. The molecule has 0 aromatic heterocycles. The maximum absolute atomic E-state index is 11.1. The maximum Gasteiger partial charge on any atom is 0.0718 e. The molecule has 0 aliphatic heterocycles. The van der Waals surface area contributed by atoms with Crippen molar-refractivity contribution in [2.75, 3.05) is 0 Å². The molecule has 2 atom stereocenters. The molecule has 1 aromatic carbocycles. The minimum Gasteiger partial charge on any atom is -0.389 e. The first kappa shape index (κ1) is 15.2. The molecule has 106 valence electrons. The van der Waals surface area contributed by atoms with Crippen molar-refractivity contribution in [2.45, 2.75) is 51.6 Å². The summed E-state index contributed by atoms with van der Waals surface area (Å²) in [7, 11) is 0. The second-order valence-electron chi connectivity index (χ2n) is 6.11. The van der Waals surface area contributed by atoms with Gasteiger partial charge in [0.1, 0.15) is 0 Å². The molecule has 0 radical (unpaired) electrons. The molecule has 2 rings (SSSR count). The summed E-state index contributed by atoms with van der Waals surface area (Å²) in [6.07, 6.45) is 4.93. The van der Waals surface area contributed by atoms with E-state index in [4.69, 9.17) is 23.2 Å². The fraction of sp³-hybridized carbons (Fsp3) is 0.625. The van der Waals surface area contributed by atoms with Gasteiger partial charge < -0.3 is 5.11 Å². The van der Waals surface area contributed by atoms with Crippen LogP contribution in [-0.2, 0) is 6.42 Å². The Morgan fingerprint density at radius 3 is 2.68 bits per heavy atom. The van der Waals surface area contributed by atoms with Gasteiger partial charge in [0.25, 0.3) is 0 Å². The monoisotopic (exact) mass is 300 g/mol. The Balaban J connectivity index is 2.23. The highest BCUT2D eigenvalue weighted by molar-refractivity contribution is 6.35. The van der Waals surface area contributed by atoms with E-state index in [0.717, 1.165) is 24.8 Å². The van der Waals surface area contributed by atoms with Gasteiger partial charge >= 0.3 is 0 Å². The molecule has 0 heterocycles. The predicted molar refractivity (Wildman–Crippen MR) is 81.9 cm³/mol. The van der Waals surface area contributed by atoms with Gasteiger partial charge in [-0.05, 0) is 42.4 Å². The molecule has 0 spiro atoms. The molecular weight excluding hydrogens is 279 g/mol. The van der Waals surface area contributed by atoms with Crippen LogP contribution in [0, 0.1) is 11.8 Å². The van der Waals surface area contributed by atoms with Gasteiger partial charge in [0.2, 0.25) is 0 Å². The number of benzene rings is 1. The van der Waals surface area contributed by atoms with Gasteiger partial charge in [0, 0.05) is 16.5 Å². The Morgan fingerprint density at radius 1 is 1.32 bits per heavy atom. The molecular formula is C16H22Cl2O. The van der Waals surface area contributed by atoms with Gasteiger partial charge in [-0.1, -0.05) is 56.0 Å². The van der Waals surface area contributed by atoms with Crippen LogP contribution < -0.4 is 0 Å². The van der Waals surface area contributed by atoms with Gasteiger partial charge in [-0.3, -0.25) is 0 Å². The summed E-state index contributed by atoms with van der Waals surface area (Å²) in [5.74, 6) is 0.851. The van der Waals surface area contributed by atoms with Crippen molar-refractivity contribution in [2.24, 2.45) is 11.8 Å². The molecule has 1 nitrogen and oxygen atoms in total. The summed E-state index contributed by atoms with van der Waals surface area (Å²) in [6.45, 7) is 4.40. The van der Waals surface area contributed by atoms with Crippen molar-refractivity contribution in [3.63, 3.8) is 0 Å². The number of halogens is 2. The summed E-state index contributed by atoms with van der Waals surface area (Å²) < 4.78 is 0. The Hall–Kier alpha value is -0.240. The van der Waals surface area contributed by atoms with Gasteiger partial charge in [-0.2, -0.15) is 0 Å². The molecule has 0 amide bonds. The zero-order valence-corrected chi connectivity index (χ0v) is 13.1. The molecule has 2 unspecified atom stereocenters. The predicted octanol–water partition coefficient (Wildman–Crippen LogP) is 5.11. The van der Waals surface area contributed by atoms with Crippen molar-refractivity contribution in [3.8, 4) is 0 Å². The first-order chi connectivity index (χ1) is 8.92. The quantitative estimate of drug-likeness (QED) is 0.822. The highest BCUT2D eigenvalue weighted by Gasteiger charge is 2.40. The largest absolute Gasteiger partial charge is 0.389 e. The van der Waals surface area contributed by atoms with Crippen molar-refractivity contribution < 1.29 is 5.11 Å². The highest BCUT2D eigenvalue weighted by Crippen LogP contribution is 2.41. The Kier molecular flexibility index (Phi) is 4.81.